The van der Waals surface area contributed by atoms with Gasteiger partial charge in [-0.15, -0.1) is 11.6 Å². The Balaban J connectivity index is 2.44. The Morgan fingerprint density at radius 3 is 2.88 bits per heavy atom. The summed E-state index contributed by atoms with van der Waals surface area (Å²) in [7, 11) is 1.88. The van der Waals surface area contributed by atoms with Crippen LogP contribution in [0, 0.1) is 0 Å². The van der Waals surface area contributed by atoms with Crippen molar-refractivity contribution in [3.8, 4) is 0 Å². The smallest absolute Gasteiger partial charge is 0.163 e. The molecule has 0 atom stereocenters. The summed E-state index contributed by atoms with van der Waals surface area (Å²) < 4.78 is 1.76. The van der Waals surface area contributed by atoms with E-state index in [9.17, 15) is 0 Å². The summed E-state index contributed by atoms with van der Waals surface area (Å²) in [6.07, 6.45) is 4.44. The quantitative estimate of drug-likeness (QED) is 0.763. The molecule has 0 aromatic carbocycles. The number of nitrogens with zero attached hydrogens (tertiary/aromatic N) is 5. The summed E-state index contributed by atoms with van der Waals surface area (Å²) in [4.78, 5) is 10.8. The van der Waals surface area contributed by atoms with Gasteiger partial charge < -0.3 is 4.90 Å². The number of halogens is 1. The van der Waals surface area contributed by atoms with Crippen molar-refractivity contribution in [2.45, 2.75) is 13.3 Å². The van der Waals surface area contributed by atoms with Gasteiger partial charge in [0, 0.05) is 26.0 Å². The third kappa shape index (κ3) is 2.34. The molecule has 0 amide bonds. The molecule has 0 aliphatic carbocycles. The van der Waals surface area contributed by atoms with Crippen molar-refractivity contribution in [3.63, 3.8) is 0 Å². The van der Waals surface area contributed by atoms with Gasteiger partial charge in [0.25, 0.3) is 0 Å². The fourth-order valence-corrected chi connectivity index (χ4v) is 2.10. The zero-order valence-corrected chi connectivity index (χ0v) is 10.9. The first-order chi connectivity index (χ1) is 8.27. The van der Waals surface area contributed by atoms with Crippen molar-refractivity contribution in [2.75, 3.05) is 23.9 Å². The summed E-state index contributed by atoms with van der Waals surface area (Å²) in [6, 6.07) is 0. The molecule has 5 nitrogen and oxygen atoms in total. The molecule has 0 N–H and O–H groups in total. The van der Waals surface area contributed by atoms with Crippen molar-refractivity contribution in [3.05, 3.63) is 12.5 Å². The molecule has 2 aromatic rings. The maximum absolute atomic E-state index is 5.83. The van der Waals surface area contributed by atoms with Gasteiger partial charge in [0.2, 0.25) is 0 Å². The van der Waals surface area contributed by atoms with Gasteiger partial charge >= 0.3 is 0 Å². The molecule has 0 aliphatic rings. The van der Waals surface area contributed by atoms with Crippen LogP contribution in [-0.4, -0.2) is 38.7 Å². The number of alkyl halides is 1. The predicted molar refractivity (Wildman–Crippen MR) is 69.5 cm³/mol. The van der Waals surface area contributed by atoms with Crippen LogP contribution in [0.2, 0.25) is 0 Å². The van der Waals surface area contributed by atoms with Crippen molar-refractivity contribution >= 4 is 28.5 Å². The van der Waals surface area contributed by atoms with E-state index in [1.807, 2.05) is 13.2 Å². The molecule has 0 aliphatic heterocycles. The van der Waals surface area contributed by atoms with Crippen molar-refractivity contribution in [1.82, 2.24) is 19.7 Å². The Kier molecular flexibility index (Phi) is 3.78. The maximum Gasteiger partial charge on any atom is 0.163 e. The molecule has 0 bridgehead atoms. The lowest BCUT2D eigenvalue weighted by Gasteiger charge is -2.22. The van der Waals surface area contributed by atoms with Crippen LogP contribution in [0.1, 0.15) is 13.3 Å². The summed E-state index contributed by atoms with van der Waals surface area (Å²) in [5, 5.41) is 5.19. The molecule has 0 unspecified atom stereocenters. The molecule has 0 spiro atoms. The Labute approximate surface area is 105 Å². The van der Waals surface area contributed by atoms with Crippen LogP contribution < -0.4 is 4.90 Å². The van der Waals surface area contributed by atoms with Crippen molar-refractivity contribution < 1.29 is 0 Å². The molecule has 0 saturated heterocycles. The van der Waals surface area contributed by atoms with Gasteiger partial charge in [-0.25, -0.2) is 9.97 Å². The van der Waals surface area contributed by atoms with E-state index in [2.05, 4.69) is 26.9 Å². The molecule has 0 saturated carbocycles. The molecule has 17 heavy (non-hydrogen) atoms. The SMILES string of the molecule is CCCN(CCCl)c1ncnc2c1cnn2C. The predicted octanol–water partition coefficient (Wildman–Crippen LogP) is 1.82. The van der Waals surface area contributed by atoms with E-state index >= 15 is 0 Å². The van der Waals surface area contributed by atoms with E-state index in [4.69, 9.17) is 11.6 Å². The highest BCUT2D eigenvalue weighted by molar-refractivity contribution is 6.18. The van der Waals surface area contributed by atoms with Crippen LogP contribution in [0.15, 0.2) is 12.5 Å². The topological polar surface area (TPSA) is 46.8 Å². The molecule has 0 radical (unpaired) electrons. The highest BCUT2D eigenvalue weighted by Crippen LogP contribution is 2.22. The minimum Gasteiger partial charge on any atom is -0.355 e. The first-order valence-electron chi connectivity index (χ1n) is 5.71. The number of aryl methyl sites for hydroxylation is 1. The van der Waals surface area contributed by atoms with Crippen LogP contribution in [0.25, 0.3) is 11.0 Å². The molecule has 6 heteroatoms. The number of aromatic nitrogens is 4. The first kappa shape index (κ1) is 12.1. The van der Waals surface area contributed by atoms with E-state index in [1.54, 1.807) is 11.0 Å². The van der Waals surface area contributed by atoms with Gasteiger partial charge in [0.15, 0.2) is 5.65 Å². The molecule has 2 aromatic heterocycles. The number of hydrogen-bond acceptors (Lipinski definition) is 4. The van der Waals surface area contributed by atoms with Crippen molar-refractivity contribution in [1.29, 1.82) is 0 Å². The molecular formula is C11H16ClN5. The third-order valence-electron chi connectivity index (χ3n) is 2.66. The maximum atomic E-state index is 5.83. The summed E-state index contributed by atoms with van der Waals surface area (Å²) in [5.74, 6) is 1.51. The number of fused-ring (bicyclic) bond motifs is 1. The second-order valence-electron chi connectivity index (χ2n) is 3.88. The normalized spacial score (nSPS) is 11.0. The van der Waals surface area contributed by atoms with Crippen LogP contribution in [-0.2, 0) is 7.05 Å². The molecule has 92 valence electrons. The molecule has 2 rings (SSSR count). The fourth-order valence-electron chi connectivity index (χ4n) is 1.90. The largest absolute Gasteiger partial charge is 0.355 e. The lowest BCUT2D eigenvalue weighted by molar-refractivity contribution is 0.777. The lowest BCUT2D eigenvalue weighted by atomic mass is 10.3. The molecular weight excluding hydrogens is 238 g/mol. The van der Waals surface area contributed by atoms with Crippen LogP contribution >= 0.6 is 11.6 Å². The second kappa shape index (κ2) is 5.31. The molecule has 0 fully saturated rings. The van der Waals surface area contributed by atoms with Gasteiger partial charge in [-0.3, -0.25) is 4.68 Å². The summed E-state index contributed by atoms with van der Waals surface area (Å²) in [5.41, 5.74) is 0.852. The van der Waals surface area contributed by atoms with E-state index in [0.717, 1.165) is 36.4 Å². The average Bonchev–Trinajstić information content (AvgIpc) is 2.71. The van der Waals surface area contributed by atoms with E-state index < -0.39 is 0 Å². The van der Waals surface area contributed by atoms with Gasteiger partial charge in [-0.1, -0.05) is 6.92 Å². The average molecular weight is 254 g/mol. The van der Waals surface area contributed by atoms with Crippen LogP contribution in [0.5, 0.6) is 0 Å². The Morgan fingerprint density at radius 2 is 2.18 bits per heavy atom. The third-order valence-corrected chi connectivity index (χ3v) is 2.82. The monoisotopic (exact) mass is 253 g/mol. The van der Waals surface area contributed by atoms with Gasteiger partial charge in [-0.2, -0.15) is 5.10 Å². The zero-order valence-electron chi connectivity index (χ0n) is 10.1. The number of rotatable bonds is 5. The number of hydrogen-bond donors (Lipinski definition) is 0. The van der Waals surface area contributed by atoms with Crippen molar-refractivity contribution in [2.24, 2.45) is 7.05 Å². The van der Waals surface area contributed by atoms with Gasteiger partial charge in [0.05, 0.1) is 11.6 Å². The lowest BCUT2D eigenvalue weighted by Crippen LogP contribution is -2.27. The van der Waals surface area contributed by atoms with E-state index in [0.29, 0.717) is 5.88 Å². The second-order valence-corrected chi connectivity index (χ2v) is 4.26. The van der Waals surface area contributed by atoms with E-state index in [1.165, 1.54) is 0 Å². The van der Waals surface area contributed by atoms with Crippen LogP contribution in [0.4, 0.5) is 5.82 Å². The van der Waals surface area contributed by atoms with E-state index in [-0.39, 0.29) is 0 Å². The fraction of sp³-hybridized carbons (Fsp3) is 0.545. The summed E-state index contributed by atoms with van der Waals surface area (Å²) >= 11 is 5.83. The number of anilines is 1. The van der Waals surface area contributed by atoms with Gasteiger partial charge in [-0.05, 0) is 6.42 Å². The first-order valence-corrected chi connectivity index (χ1v) is 6.25. The highest BCUT2D eigenvalue weighted by atomic mass is 35.5. The molecule has 2 heterocycles. The standard InChI is InChI=1S/C11H16ClN5/c1-3-5-17(6-4-12)11-9-7-15-16(2)10(9)13-8-14-11/h7-8H,3-6H2,1-2H3. The summed E-state index contributed by atoms with van der Waals surface area (Å²) in [6.45, 7) is 3.87. The highest BCUT2D eigenvalue weighted by Gasteiger charge is 2.13. The van der Waals surface area contributed by atoms with Gasteiger partial charge in [0.1, 0.15) is 12.1 Å². The Morgan fingerprint density at radius 1 is 1.35 bits per heavy atom. The minimum atomic E-state index is 0.589. The minimum absolute atomic E-state index is 0.589. The van der Waals surface area contributed by atoms with Crippen LogP contribution in [0.3, 0.4) is 0 Å². The Hall–Kier alpha value is -1.36. The Bertz CT molecular complexity index is 490. The zero-order chi connectivity index (χ0) is 12.3.